The average molecular weight is 600 g/mol. The molecule has 0 saturated heterocycles. The van der Waals surface area contributed by atoms with Gasteiger partial charge < -0.3 is 4.42 Å². The van der Waals surface area contributed by atoms with Gasteiger partial charge >= 0.3 is 0 Å². The van der Waals surface area contributed by atoms with Crippen molar-refractivity contribution in [3.05, 3.63) is 152 Å². The minimum Gasteiger partial charge on any atom is -0.456 e. The van der Waals surface area contributed by atoms with Crippen molar-refractivity contribution in [1.82, 2.24) is 15.0 Å². The highest BCUT2D eigenvalue weighted by Gasteiger charge is 2.17. The van der Waals surface area contributed by atoms with Crippen LogP contribution in [-0.4, -0.2) is 15.0 Å². The monoisotopic (exact) mass is 599 g/mol. The number of hydrogen-bond donors (Lipinski definition) is 0. The number of hydrogen-bond acceptors (Lipinski definition) is 4. The number of pyridine rings is 3. The van der Waals surface area contributed by atoms with Crippen molar-refractivity contribution in [2.45, 2.75) is 0 Å². The summed E-state index contributed by atoms with van der Waals surface area (Å²) in [7, 11) is 0. The van der Waals surface area contributed by atoms with E-state index < -0.39 is 0 Å². The third kappa shape index (κ3) is 4.05. The lowest BCUT2D eigenvalue weighted by molar-refractivity contribution is 0.669. The van der Waals surface area contributed by atoms with Gasteiger partial charge in [0.25, 0.3) is 0 Å². The SMILES string of the molecule is c1ccc(-c2ccc3ccc4ccc(-c5ccc(-c6nc7ccc8oc9ccccc9c8c7c7ccccc67)cc5)nc4c3n2)cc1. The topological polar surface area (TPSA) is 51.8 Å². The van der Waals surface area contributed by atoms with E-state index in [2.05, 4.69) is 115 Å². The predicted octanol–water partition coefficient (Wildman–Crippen LogP) is 11.4. The van der Waals surface area contributed by atoms with Gasteiger partial charge in [0.2, 0.25) is 0 Å². The van der Waals surface area contributed by atoms with Crippen molar-refractivity contribution in [3.8, 4) is 33.8 Å². The van der Waals surface area contributed by atoms with Crippen LogP contribution in [-0.2, 0) is 0 Å². The lowest BCUT2D eigenvalue weighted by atomic mass is 9.96. The molecule has 0 aliphatic rings. The van der Waals surface area contributed by atoms with E-state index in [4.69, 9.17) is 19.4 Å². The molecule has 4 heteroatoms. The van der Waals surface area contributed by atoms with Crippen molar-refractivity contribution >= 4 is 65.4 Å². The predicted molar refractivity (Wildman–Crippen MR) is 193 cm³/mol. The van der Waals surface area contributed by atoms with E-state index in [0.717, 1.165) is 93.8 Å². The Balaban J connectivity index is 1.10. The molecule has 4 heterocycles. The third-order valence-corrected chi connectivity index (χ3v) is 9.25. The average Bonchev–Trinajstić information content (AvgIpc) is 3.53. The van der Waals surface area contributed by atoms with Gasteiger partial charge in [-0.15, -0.1) is 0 Å². The number of nitrogens with zero attached hydrogens (tertiary/aromatic N) is 3. The normalized spacial score (nSPS) is 11.8. The molecule has 0 unspecified atom stereocenters. The molecule has 0 radical (unpaired) electrons. The number of aromatic nitrogens is 3. The Morgan fingerprint density at radius 2 is 0.936 bits per heavy atom. The Hall–Kier alpha value is -6.39. The summed E-state index contributed by atoms with van der Waals surface area (Å²) >= 11 is 0. The number of fused-ring (bicyclic) bond motifs is 10. The zero-order valence-electron chi connectivity index (χ0n) is 25.2. The molecule has 0 saturated carbocycles. The van der Waals surface area contributed by atoms with Crippen LogP contribution in [0.5, 0.6) is 0 Å². The highest BCUT2D eigenvalue weighted by Crippen LogP contribution is 2.40. The van der Waals surface area contributed by atoms with Gasteiger partial charge in [0, 0.05) is 49.0 Å². The summed E-state index contributed by atoms with van der Waals surface area (Å²) in [6, 6.07) is 52.5. The summed E-state index contributed by atoms with van der Waals surface area (Å²) in [6.07, 6.45) is 0. The van der Waals surface area contributed by atoms with Crippen molar-refractivity contribution in [1.29, 1.82) is 0 Å². The molecule has 6 aromatic carbocycles. The van der Waals surface area contributed by atoms with Crippen LogP contribution in [0.15, 0.2) is 156 Å². The van der Waals surface area contributed by atoms with Crippen LogP contribution in [0.2, 0.25) is 0 Å². The molecule has 0 aliphatic heterocycles. The van der Waals surface area contributed by atoms with Crippen LogP contribution in [0, 0.1) is 0 Å². The Morgan fingerprint density at radius 1 is 0.362 bits per heavy atom. The summed E-state index contributed by atoms with van der Waals surface area (Å²) in [5.74, 6) is 0. The first-order valence-corrected chi connectivity index (χ1v) is 15.8. The van der Waals surface area contributed by atoms with E-state index in [9.17, 15) is 0 Å². The first-order valence-electron chi connectivity index (χ1n) is 15.8. The summed E-state index contributed by atoms with van der Waals surface area (Å²) in [5, 5.41) is 7.78. The molecule has 0 bridgehead atoms. The molecular weight excluding hydrogens is 574 g/mol. The maximum atomic E-state index is 6.22. The highest BCUT2D eigenvalue weighted by molar-refractivity contribution is 6.27. The zero-order valence-corrected chi connectivity index (χ0v) is 25.2. The van der Waals surface area contributed by atoms with Crippen LogP contribution in [0.3, 0.4) is 0 Å². The van der Waals surface area contributed by atoms with Crippen LogP contribution in [0.4, 0.5) is 0 Å². The molecule has 10 aromatic rings. The van der Waals surface area contributed by atoms with Gasteiger partial charge in [-0.05, 0) is 35.7 Å². The van der Waals surface area contributed by atoms with Crippen LogP contribution in [0.25, 0.3) is 99.2 Å². The third-order valence-electron chi connectivity index (χ3n) is 9.25. The summed E-state index contributed by atoms with van der Waals surface area (Å²) in [6.45, 7) is 0. The van der Waals surface area contributed by atoms with Crippen LogP contribution < -0.4 is 0 Å². The highest BCUT2D eigenvalue weighted by atomic mass is 16.3. The molecule has 218 valence electrons. The van der Waals surface area contributed by atoms with E-state index in [1.165, 1.54) is 5.39 Å². The Morgan fingerprint density at radius 3 is 1.66 bits per heavy atom. The molecule has 47 heavy (non-hydrogen) atoms. The maximum absolute atomic E-state index is 6.22. The Kier molecular flexibility index (Phi) is 5.54. The van der Waals surface area contributed by atoms with Gasteiger partial charge in [0.1, 0.15) is 11.2 Å². The fraction of sp³-hybridized carbons (Fsp3) is 0. The zero-order chi connectivity index (χ0) is 30.9. The lowest BCUT2D eigenvalue weighted by Gasteiger charge is -2.12. The van der Waals surface area contributed by atoms with Gasteiger partial charge in [-0.3, -0.25) is 0 Å². The van der Waals surface area contributed by atoms with Gasteiger partial charge in [0.05, 0.1) is 33.6 Å². The second-order valence-corrected chi connectivity index (χ2v) is 12.0. The van der Waals surface area contributed by atoms with E-state index in [-0.39, 0.29) is 0 Å². The minimum absolute atomic E-state index is 0.880. The van der Waals surface area contributed by atoms with Crippen LogP contribution in [0.1, 0.15) is 0 Å². The quantitative estimate of drug-likeness (QED) is 0.190. The summed E-state index contributed by atoms with van der Waals surface area (Å²) in [4.78, 5) is 15.5. The number of benzene rings is 6. The van der Waals surface area contributed by atoms with Crippen LogP contribution >= 0.6 is 0 Å². The molecule has 0 fully saturated rings. The lowest BCUT2D eigenvalue weighted by Crippen LogP contribution is -1.92. The van der Waals surface area contributed by atoms with E-state index in [1.807, 2.05) is 36.4 Å². The largest absolute Gasteiger partial charge is 0.456 e. The standard InChI is InChI=1S/C43H25N3O/c1-2-8-26(9-3-1)34-22-20-29-18-19-30-21-23-35(45-43(30)42(29)44-34)27-14-16-28(17-15-27)41-32-11-5-4-10-31(32)39-36(46-41)24-25-38-40(39)33-12-6-7-13-37(33)47-38/h1-25H. The molecule has 0 atom stereocenters. The first kappa shape index (κ1) is 25.9. The fourth-order valence-corrected chi connectivity index (χ4v) is 6.98. The smallest absolute Gasteiger partial charge is 0.136 e. The van der Waals surface area contributed by atoms with E-state index in [0.29, 0.717) is 0 Å². The van der Waals surface area contributed by atoms with E-state index >= 15 is 0 Å². The Bertz CT molecular complexity index is 2840. The second kappa shape index (κ2) is 10.1. The molecule has 0 spiro atoms. The van der Waals surface area contributed by atoms with Crippen molar-refractivity contribution in [3.63, 3.8) is 0 Å². The number of rotatable bonds is 3. The summed E-state index contributed by atoms with van der Waals surface area (Å²) in [5.41, 5.74) is 10.5. The number of para-hydroxylation sites is 1. The molecule has 4 nitrogen and oxygen atoms in total. The molecule has 10 rings (SSSR count). The summed E-state index contributed by atoms with van der Waals surface area (Å²) < 4.78 is 6.22. The van der Waals surface area contributed by atoms with Crippen molar-refractivity contribution in [2.24, 2.45) is 0 Å². The maximum Gasteiger partial charge on any atom is 0.136 e. The van der Waals surface area contributed by atoms with Crippen molar-refractivity contribution in [2.75, 3.05) is 0 Å². The van der Waals surface area contributed by atoms with E-state index in [1.54, 1.807) is 0 Å². The molecule has 4 aromatic heterocycles. The van der Waals surface area contributed by atoms with Gasteiger partial charge in [-0.25, -0.2) is 15.0 Å². The fourth-order valence-electron chi connectivity index (χ4n) is 6.98. The first-order chi connectivity index (χ1) is 23.3. The molecule has 0 N–H and O–H groups in total. The van der Waals surface area contributed by atoms with Gasteiger partial charge in [-0.1, -0.05) is 121 Å². The second-order valence-electron chi connectivity index (χ2n) is 12.0. The molecular formula is C43H25N3O. The minimum atomic E-state index is 0.880. The number of furan rings is 1. The molecule has 0 aliphatic carbocycles. The molecule has 0 amide bonds. The van der Waals surface area contributed by atoms with Gasteiger partial charge in [-0.2, -0.15) is 0 Å². The van der Waals surface area contributed by atoms with Gasteiger partial charge in [0.15, 0.2) is 0 Å². The van der Waals surface area contributed by atoms with Crippen molar-refractivity contribution < 1.29 is 4.42 Å². The Labute approximate surface area is 269 Å².